The molecule has 0 aliphatic carbocycles. The van der Waals surface area contributed by atoms with E-state index in [0.29, 0.717) is 13.0 Å². The van der Waals surface area contributed by atoms with Crippen LogP contribution < -0.4 is 5.32 Å². The highest BCUT2D eigenvalue weighted by Gasteiger charge is 2.03. The highest BCUT2D eigenvalue weighted by atomic mass is 32.2. The van der Waals surface area contributed by atoms with Gasteiger partial charge in [-0.05, 0) is 24.0 Å². The lowest BCUT2D eigenvalue weighted by molar-refractivity contribution is -0.120. The second kappa shape index (κ2) is 6.96. The summed E-state index contributed by atoms with van der Waals surface area (Å²) < 4.78 is 0. The van der Waals surface area contributed by atoms with Crippen molar-refractivity contribution in [1.82, 2.24) is 5.32 Å². The smallest absolute Gasteiger partial charge is 0.335 e. The Morgan fingerprint density at radius 2 is 1.94 bits per heavy atom. The van der Waals surface area contributed by atoms with E-state index in [9.17, 15) is 9.59 Å². The third-order valence-electron chi connectivity index (χ3n) is 2.22. The minimum absolute atomic E-state index is 0.0154. The van der Waals surface area contributed by atoms with Crippen LogP contribution in [0.3, 0.4) is 0 Å². The molecule has 1 rings (SSSR count). The number of hydrogen-bond acceptors (Lipinski definition) is 3. The van der Waals surface area contributed by atoms with Crippen molar-refractivity contribution < 1.29 is 14.7 Å². The van der Waals surface area contributed by atoms with Gasteiger partial charge in [-0.15, -0.1) is 0 Å². The van der Waals surface area contributed by atoms with E-state index in [0.717, 1.165) is 11.3 Å². The van der Waals surface area contributed by atoms with Gasteiger partial charge in [-0.2, -0.15) is 11.8 Å². The number of carbonyl (C=O) groups excluding carboxylic acids is 1. The van der Waals surface area contributed by atoms with E-state index >= 15 is 0 Å². The zero-order valence-corrected chi connectivity index (χ0v) is 10.4. The zero-order valence-electron chi connectivity index (χ0n) is 9.60. The van der Waals surface area contributed by atoms with E-state index in [4.69, 9.17) is 5.11 Å². The Labute approximate surface area is 104 Å². The molecule has 0 saturated heterocycles. The summed E-state index contributed by atoms with van der Waals surface area (Å²) in [5.41, 5.74) is 1.15. The molecular weight excluding hydrogens is 238 g/mol. The van der Waals surface area contributed by atoms with Gasteiger partial charge in [0.05, 0.1) is 5.56 Å². The normalized spacial score (nSPS) is 9.94. The molecule has 1 amide bonds. The molecule has 0 fully saturated rings. The fraction of sp³-hybridized carbons (Fsp3) is 0.333. The molecule has 5 heteroatoms. The van der Waals surface area contributed by atoms with E-state index in [1.807, 2.05) is 6.26 Å². The fourth-order valence-corrected chi connectivity index (χ4v) is 1.64. The quantitative estimate of drug-likeness (QED) is 0.810. The molecule has 92 valence electrons. The molecule has 17 heavy (non-hydrogen) atoms. The highest BCUT2D eigenvalue weighted by molar-refractivity contribution is 7.98. The van der Waals surface area contributed by atoms with Crippen LogP contribution in [-0.2, 0) is 11.3 Å². The first-order valence-electron chi connectivity index (χ1n) is 5.21. The van der Waals surface area contributed by atoms with Gasteiger partial charge in [0.15, 0.2) is 0 Å². The minimum Gasteiger partial charge on any atom is -0.478 e. The van der Waals surface area contributed by atoms with Crippen LogP contribution in [-0.4, -0.2) is 29.0 Å². The van der Waals surface area contributed by atoms with E-state index in [1.165, 1.54) is 12.1 Å². The molecule has 2 N–H and O–H groups in total. The van der Waals surface area contributed by atoms with Crippen molar-refractivity contribution in [3.05, 3.63) is 35.4 Å². The third kappa shape index (κ3) is 4.91. The van der Waals surface area contributed by atoms with Crippen molar-refractivity contribution >= 4 is 23.6 Å². The zero-order chi connectivity index (χ0) is 12.7. The number of carbonyl (C=O) groups is 2. The number of nitrogens with one attached hydrogen (secondary N) is 1. The molecule has 0 aliphatic rings. The van der Waals surface area contributed by atoms with E-state index < -0.39 is 5.97 Å². The van der Waals surface area contributed by atoms with Gasteiger partial charge in [0.1, 0.15) is 0 Å². The van der Waals surface area contributed by atoms with E-state index in [1.54, 1.807) is 23.9 Å². The van der Waals surface area contributed by atoms with Crippen molar-refractivity contribution in [2.24, 2.45) is 0 Å². The number of carboxylic acids is 1. The Kier molecular flexibility index (Phi) is 5.56. The maximum Gasteiger partial charge on any atom is 0.335 e. The summed E-state index contributed by atoms with van der Waals surface area (Å²) in [4.78, 5) is 22.0. The predicted molar refractivity (Wildman–Crippen MR) is 68.2 cm³/mol. The average molecular weight is 253 g/mol. The van der Waals surface area contributed by atoms with Crippen molar-refractivity contribution in [2.45, 2.75) is 13.0 Å². The van der Waals surface area contributed by atoms with E-state index in [2.05, 4.69) is 5.32 Å². The topological polar surface area (TPSA) is 66.4 Å². The van der Waals surface area contributed by atoms with Gasteiger partial charge >= 0.3 is 5.97 Å². The lowest BCUT2D eigenvalue weighted by Crippen LogP contribution is -2.22. The van der Waals surface area contributed by atoms with Gasteiger partial charge in [0.2, 0.25) is 5.91 Å². The van der Waals surface area contributed by atoms with Gasteiger partial charge < -0.3 is 10.4 Å². The van der Waals surface area contributed by atoms with E-state index in [-0.39, 0.29) is 11.5 Å². The van der Waals surface area contributed by atoms with Gasteiger partial charge in [-0.25, -0.2) is 4.79 Å². The third-order valence-corrected chi connectivity index (χ3v) is 2.84. The number of amides is 1. The molecule has 1 aromatic rings. The first-order chi connectivity index (χ1) is 8.13. The number of carboxylic acid groups (broad SMARTS) is 1. The Balaban J connectivity index is 2.42. The van der Waals surface area contributed by atoms with Crippen molar-refractivity contribution in [2.75, 3.05) is 12.0 Å². The molecule has 0 aliphatic heterocycles. The van der Waals surface area contributed by atoms with Gasteiger partial charge in [-0.3, -0.25) is 4.79 Å². The second-order valence-electron chi connectivity index (χ2n) is 3.52. The number of thioether (sulfide) groups is 1. The maximum atomic E-state index is 11.3. The Morgan fingerprint density at radius 3 is 2.47 bits per heavy atom. The summed E-state index contributed by atoms with van der Waals surface area (Å²) in [5, 5.41) is 11.5. The predicted octanol–water partition coefficient (Wildman–Crippen LogP) is 1.75. The second-order valence-corrected chi connectivity index (χ2v) is 4.51. The molecule has 0 heterocycles. The first kappa shape index (κ1) is 13.6. The molecule has 0 spiro atoms. The standard InChI is InChI=1S/C12H15NO3S/c1-17-7-6-11(14)13-8-9-2-4-10(5-3-9)12(15)16/h2-5H,6-8H2,1H3,(H,13,14)(H,15,16). The van der Waals surface area contributed by atoms with Crippen LogP contribution in [0, 0.1) is 0 Å². The van der Waals surface area contributed by atoms with Crippen LogP contribution in [0.4, 0.5) is 0 Å². The molecule has 0 aromatic heterocycles. The molecule has 0 atom stereocenters. The van der Waals surface area contributed by atoms with Crippen LogP contribution in [0.15, 0.2) is 24.3 Å². The molecule has 4 nitrogen and oxygen atoms in total. The molecule has 0 bridgehead atoms. The Bertz CT molecular complexity index is 389. The van der Waals surface area contributed by atoms with Crippen molar-refractivity contribution in [1.29, 1.82) is 0 Å². The lowest BCUT2D eigenvalue weighted by atomic mass is 10.1. The summed E-state index contributed by atoms with van der Waals surface area (Å²) in [7, 11) is 0. The van der Waals surface area contributed by atoms with Crippen LogP contribution in [0.5, 0.6) is 0 Å². The van der Waals surface area contributed by atoms with Crippen molar-refractivity contribution in [3.8, 4) is 0 Å². The summed E-state index contributed by atoms with van der Waals surface area (Å²) in [6.45, 7) is 0.438. The van der Waals surface area contributed by atoms with Gasteiger partial charge in [0, 0.05) is 18.7 Å². The number of hydrogen-bond donors (Lipinski definition) is 2. The minimum atomic E-state index is -0.944. The summed E-state index contributed by atoms with van der Waals surface area (Å²) in [6, 6.07) is 6.48. The molecule has 1 aromatic carbocycles. The molecule has 0 saturated carbocycles. The van der Waals surface area contributed by atoms with Crippen molar-refractivity contribution in [3.63, 3.8) is 0 Å². The fourth-order valence-electron chi connectivity index (χ4n) is 1.25. The summed E-state index contributed by atoms with van der Waals surface area (Å²) in [5.74, 6) is -0.119. The SMILES string of the molecule is CSCCC(=O)NCc1ccc(C(=O)O)cc1. The highest BCUT2D eigenvalue weighted by Crippen LogP contribution is 2.04. The number of rotatable bonds is 6. The largest absolute Gasteiger partial charge is 0.478 e. The summed E-state index contributed by atoms with van der Waals surface area (Å²) >= 11 is 1.63. The average Bonchev–Trinajstić information content (AvgIpc) is 2.34. The Morgan fingerprint density at radius 1 is 1.29 bits per heavy atom. The lowest BCUT2D eigenvalue weighted by Gasteiger charge is -2.05. The van der Waals surface area contributed by atoms with Gasteiger partial charge in [0.25, 0.3) is 0 Å². The summed E-state index contributed by atoms with van der Waals surface area (Å²) in [6.07, 6.45) is 2.46. The monoisotopic (exact) mass is 253 g/mol. The molecule has 0 unspecified atom stereocenters. The first-order valence-corrected chi connectivity index (χ1v) is 6.60. The van der Waals surface area contributed by atoms with Crippen LogP contribution in [0.1, 0.15) is 22.3 Å². The number of benzene rings is 1. The maximum absolute atomic E-state index is 11.3. The van der Waals surface area contributed by atoms with Crippen LogP contribution in [0.2, 0.25) is 0 Å². The molecular formula is C12H15NO3S. The van der Waals surface area contributed by atoms with Crippen LogP contribution >= 0.6 is 11.8 Å². The van der Waals surface area contributed by atoms with Gasteiger partial charge in [-0.1, -0.05) is 12.1 Å². The Hall–Kier alpha value is -1.49. The van der Waals surface area contributed by atoms with Crippen LogP contribution in [0.25, 0.3) is 0 Å². The number of aromatic carboxylic acids is 1. The molecule has 0 radical (unpaired) electrons.